The van der Waals surface area contributed by atoms with Crippen molar-refractivity contribution in [2.75, 3.05) is 13.1 Å². The first-order valence-electron chi connectivity index (χ1n) is 9.93. The molecular formula is C22H24N4OS. The van der Waals surface area contributed by atoms with E-state index in [0.29, 0.717) is 12.3 Å². The number of nitrogens with zero attached hydrogens (tertiary/aromatic N) is 3. The zero-order valence-electron chi connectivity index (χ0n) is 16.0. The van der Waals surface area contributed by atoms with E-state index in [1.807, 2.05) is 12.4 Å². The molecule has 0 saturated carbocycles. The monoisotopic (exact) mass is 392 g/mol. The van der Waals surface area contributed by atoms with Crippen LogP contribution in [0.5, 0.6) is 0 Å². The van der Waals surface area contributed by atoms with Crippen molar-refractivity contribution in [3.63, 3.8) is 0 Å². The van der Waals surface area contributed by atoms with Crippen LogP contribution in [0.2, 0.25) is 0 Å². The van der Waals surface area contributed by atoms with Crippen molar-refractivity contribution < 1.29 is 4.79 Å². The Labute approximate surface area is 168 Å². The number of nitrogens with one attached hydrogen (secondary N) is 1. The van der Waals surface area contributed by atoms with Gasteiger partial charge in [0.2, 0.25) is 5.91 Å². The molecule has 4 aromatic rings. The number of aromatic amines is 1. The fourth-order valence-electron chi connectivity index (χ4n) is 4.41. The normalized spacial score (nSPS) is 20.2. The third-order valence-electron chi connectivity index (χ3n) is 6.05. The van der Waals surface area contributed by atoms with Gasteiger partial charge in [-0.3, -0.25) is 4.79 Å². The molecule has 2 atom stereocenters. The molecule has 1 saturated heterocycles. The second-order valence-corrected chi connectivity index (χ2v) is 8.81. The SMILES string of the molecule is C[C@@H]1CCN(C(=O)CCc2cccs2)C[C@@H]1n1ccc2cnc3[nH]ccc3c21. The first-order chi connectivity index (χ1) is 13.7. The Morgan fingerprint density at radius 3 is 3.14 bits per heavy atom. The first kappa shape index (κ1) is 17.5. The molecule has 1 aliphatic rings. The number of hydrogen-bond acceptors (Lipinski definition) is 3. The van der Waals surface area contributed by atoms with Crippen molar-refractivity contribution in [2.45, 2.75) is 32.2 Å². The zero-order valence-corrected chi connectivity index (χ0v) is 16.8. The minimum Gasteiger partial charge on any atom is -0.346 e. The lowest BCUT2D eigenvalue weighted by Gasteiger charge is -2.38. The molecule has 5 rings (SSSR count). The van der Waals surface area contributed by atoms with Crippen LogP contribution in [0, 0.1) is 5.92 Å². The van der Waals surface area contributed by atoms with Crippen molar-refractivity contribution in [3.05, 3.63) is 53.1 Å². The van der Waals surface area contributed by atoms with Crippen LogP contribution in [-0.4, -0.2) is 38.4 Å². The van der Waals surface area contributed by atoms with Gasteiger partial charge in [0.1, 0.15) is 5.65 Å². The van der Waals surface area contributed by atoms with Gasteiger partial charge in [0.05, 0.1) is 11.6 Å². The Morgan fingerprint density at radius 2 is 2.29 bits per heavy atom. The lowest BCUT2D eigenvalue weighted by molar-refractivity contribution is -0.133. The summed E-state index contributed by atoms with van der Waals surface area (Å²) in [5.74, 6) is 0.800. The number of amides is 1. The van der Waals surface area contributed by atoms with E-state index in [1.54, 1.807) is 11.3 Å². The molecule has 0 radical (unpaired) electrons. The molecule has 28 heavy (non-hydrogen) atoms. The summed E-state index contributed by atoms with van der Waals surface area (Å²) in [6, 6.07) is 8.69. The van der Waals surface area contributed by atoms with Crippen molar-refractivity contribution in [2.24, 2.45) is 5.92 Å². The lowest BCUT2D eigenvalue weighted by atomic mass is 9.92. The Kier molecular flexibility index (Phi) is 4.43. The van der Waals surface area contributed by atoms with Gasteiger partial charge in [0.25, 0.3) is 0 Å². The Morgan fingerprint density at radius 1 is 1.36 bits per heavy atom. The third-order valence-corrected chi connectivity index (χ3v) is 6.99. The summed E-state index contributed by atoms with van der Waals surface area (Å²) < 4.78 is 2.37. The predicted octanol–water partition coefficient (Wildman–Crippen LogP) is 4.62. The lowest BCUT2D eigenvalue weighted by Crippen LogP contribution is -2.43. The number of piperidine rings is 1. The van der Waals surface area contributed by atoms with Crippen LogP contribution >= 0.6 is 11.3 Å². The highest BCUT2D eigenvalue weighted by Gasteiger charge is 2.30. The highest BCUT2D eigenvalue weighted by molar-refractivity contribution is 7.09. The van der Waals surface area contributed by atoms with Gasteiger partial charge in [-0.15, -0.1) is 11.3 Å². The van der Waals surface area contributed by atoms with Gasteiger partial charge in [-0.2, -0.15) is 0 Å². The number of carbonyl (C=O) groups excluding carboxylic acids is 1. The van der Waals surface area contributed by atoms with Crippen LogP contribution in [0.25, 0.3) is 21.9 Å². The fourth-order valence-corrected chi connectivity index (χ4v) is 5.12. The van der Waals surface area contributed by atoms with Gasteiger partial charge in [-0.05, 0) is 42.3 Å². The number of aromatic nitrogens is 3. The summed E-state index contributed by atoms with van der Waals surface area (Å²) in [4.78, 5) is 23.9. The molecule has 0 bridgehead atoms. The number of fused-ring (bicyclic) bond motifs is 3. The smallest absolute Gasteiger partial charge is 0.223 e. The molecule has 6 heteroatoms. The summed E-state index contributed by atoms with van der Waals surface area (Å²) >= 11 is 1.73. The molecule has 1 amide bonds. The summed E-state index contributed by atoms with van der Waals surface area (Å²) in [6.45, 7) is 3.95. The molecule has 0 aromatic carbocycles. The largest absolute Gasteiger partial charge is 0.346 e. The highest BCUT2D eigenvalue weighted by Crippen LogP contribution is 2.34. The van der Waals surface area contributed by atoms with E-state index in [-0.39, 0.29) is 11.9 Å². The second-order valence-electron chi connectivity index (χ2n) is 7.78. The summed E-state index contributed by atoms with van der Waals surface area (Å²) in [5, 5.41) is 4.38. The molecule has 144 valence electrons. The molecular weight excluding hydrogens is 368 g/mol. The number of carbonyl (C=O) groups is 1. The third kappa shape index (κ3) is 3.02. The van der Waals surface area contributed by atoms with Crippen molar-refractivity contribution in [1.29, 1.82) is 0 Å². The average Bonchev–Trinajstić information content (AvgIpc) is 3.45. The van der Waals surface area contributed by atoms with Gasteiger partial charge in [-0.1, -0.05) is 13.0 Å². The number of likely N-dealkylation sites (tertiary alicyclic amines) is 1. The molecule has 1 N–H and O–H groups in total. The zero-order chi connectivity index (χ0) is 19.1. The molecule has 1 aliphatic heterocycles. The average molecular weight is 393 g/mol. The Hall–Kier alpha value is -2.60. The Bertz CT molecular complexity index is 1110. The van der Waals surface area contributed by atoms with E-state index in [2.05, 4.69) is 62.2 Å². The summed E-state index contributed by atoms with van der Waals surface area (Å²) in [5.41, 5.74) is 2.13. The highest BCUT2D eigenvalue weighted by atomic mass is 32.1. The van der Waals surface area contributed by atoms with E-state index < -0.39 is 0 Å². The second kappa shape index (κ2) is 7.09. The van der Waals surface area contributed by atoms with Gasteiger partial charge in [0, 0.05) is 53.8 Å². The molecule has 1 fully saturated rings. The molecule has 0 spiro atoms. The topological polar surface area (TPSA) is 53.9 Å². The minimum absolute atomic E-state index is 0.273. The van der Waals surface area contributed by atoms with Crippen molar-refractivity contribution >= 4 is 39.2 Å². The number of H-pyrrole nitrogens is 1. The van der Waals surface area contributed by atoms with Crippen molar-refractivity contribution in [1.82, 2.24) is 19.4 Å². The number of aryl methyl sites for hydroxylation is 1. The van der Waals surface area contributed by atoms with E-state index in [9.17, 15) is 4.79 Å². The van der Waals surface area contributed by atoms with Crippen LogP contribution in [0.4, 0.5) is 0 Å². The maximum atomic E-state index is 12.9. The van der Waals surface area contributed by atoms with E-state index in [4.69, 9.17) is 0 Å². The van der Waals surface area contributed by atoms with Crippen LogP contribution in [0.15, 0.2) is 48.2 Å². The van der Waals surface area contributed by atoms with E-state index in [0.717, 1.165) is 42.4 Å². The molecule has 5 heterocycles. The van der Waals surface area contributed by atoms with Gasteiger partial charge in [-0.25, -0.2) is 4.98 Å². The number of rotatable bonds is 4. The van der Waals surface area contributed by atoms with Crippen molar-refractivity contribution in [3.8, 4) is 0 Å². The minimum atomic E-state index is 0.273. The number of hydrogen-bond donors (Lipinski definition) is 1. The maximum Gasteiger partial charge on any atom is 0.223 e. The summed E-state index contributed by atoms with van der Waals surface area (Å²) in [7, 11) is 0. The van der Waals surface area contributed by atoms with Crippen LogP contribution < -0.4 is 0 Å². The number of pyridine rings is 1. The molecule has 0 aliphatic carbocycles. The molecule has 4 aromatic heterocycles. The Balaban J connectivity index is 1.41. The van der Waals surface area contributed by atoms with Crippen LogP contribution in [0.1, 0.15) is 30.7 Å². The van der Waals surface area contributed by atoms with Gasteiger partial charge >= 0.3 is 0 Å². The van der Waals surface area contributed by atoms with Crippen LogP contribution in [-0.2, 0) is 11.2 Å². The van der Waals surface area contributed by atoms with Gasteiger partial charge in [0.15, 0.2) is 0 Å². The quantitative estimate of drug-likeness (QED) is 0.551. The first-order valence-corrected chi connectivity index (χ1v) is 10.8. The van der Waals surface area contributed by atoms with Gasteiger partial charge < -0.3 is 14.5 Å². The molecule has 0 unspecified atom stereocenters. The van der Waals surface area contributed by atoms with E-state index in [1.165, 1.54) is 10.4 Å². The van der Waals surface area contributed by atoms with Crippen LogP contribution in [0.3, 0.4) is 0 Å². The number of thiophene rings is 1. The van der Waals surface area contributed by atoms with E-state index >= 15 is 0 Å². The standard InChI is InChI=1S/C22H24N4OS/c1-15-7-10-25(20(27)5-4-17-3-2-12-28-17)14-19(15)26-11-8-16-13-24-22-18(21(16)26)6-9-23-22/h2-3,6,8-9,11-13,15,19H,4-5,7,10,14H2,1H3,(H,23,24)/t15-,19+/m1/s1. The maximum absolute atomic E-state index is 12.9. The molecule has 5 nitrogen and oxygen atoms in total. The summed E-state index contributed by atoms with van der Waals surface area (Å²) in [6.07, 6.45) is 8.52. The predicted molar refractivity (Wildman–Crippen MR) is 114 cm³/mol. The fraction of sp³-hybridized carbons (Fsp3) is 0.364.